The average Bonchev–Trinajstić information content (AvgIpc) is 2.94. The Labute approximate surface area is 126 Å². The Morgan fingerprint density at radius 3 is 2.20 bits per heavy atom. The second kappa shape index (κ2) is 10.9. The first-order chi connectivity index (χ1) is 9.83. The maximum Gasteiger partial charge on any atom is 0.257 e. The van der Waals surface area contributed by atoms with Gasteiger partial charge in [-0.1, -0.05) is 65.2 Å². The maximum absolute atomic E-state index is 3.45. The number of aromatic nitrogens is 2. The highest BCUT2D eigenvalue weighted by Crippen LogP contribution is 2.22. The Balaban J connectivity index is 2.16. The van der Waals surface area contributed by atoms with Crippen LogP contribution in [-0.2, 0) is 6.54 Å². The van der Waals surface area contributed by atoms with Crippen LogP contribution in [0.3, 0.4) is 0 Å². The smallest absolute Gasteiger partial charge is 0.247 e. The molecule has 2 heteroatoms. The summed E-state index contributed by atoms with van der Waals surface area (Å²) in [5, 5.41) is 0. The fourth-order valence-electron chi connectivity index (χ4n) is 3.06. The zero-order valence-corrected chi connectivity index (χ0v) is 14.0. The standard InChI is InChI=1S/C18H34N2/c1-4-7-8-9-10-11-12-13-14-17(5-2)18-19-15-16-20(18)6-3/h15-17H,4-14H2,1-3H3/p+1/t17-/m0/s1. The van der Waals surface area contributed by atoms with Crippen molar-refractivity contribution in [3.8, 4) is 0 Å². The van der Waals surface area contributed by atoms with Crippen LogP contribution in [0.5, 0.6) is 0 Å². The highest BCUT2D eigenvalue weighted by Gasteiger charge is 2.19. The number of aromatic amines is 1. The summed E-state index contributed by atoms with van der Waals surface area (Å²) in [6.45, 7) is 7.90. The summed E-state index contributed by atoms with van der Waals surface area (Å²) in [5.74, 6) is 2.14. The Kier molecular flexibility index (Phi) is 9.44. The zero-order chi connectivity index (χ0) is 14.6. The average molecular weight is 279 g/mol. The topological polar surface area (TPSA) is 19.7 Å². The van der Waals surface area contributed by atoms with E-state index in [-0.39, 0.29) is 0 Å². The summed E-state index contributed by atoms with van der Waals surface area (Å²) in [6, 6.07) is 0. The van der Waals surface area contributed by atoms with E-state index in [1.807, 2.05) is 0 Å². The van der Waals surface area contributed by atoms with Crippen molar-refractivity contribution in [3.05, 3.63) is 18.2 Å². The number of imidazole rings is 1. The van der Waals surface area contributed by atoms with Crippen molar-refractivity contribution in [2.75, 3.05) is 0 Å². The van der Waals surface area contributed by atoms with E-state index in [1.54, 1.807) is 0 Å². The normalized spacial score (nSPS) is 12.8. The van der Waals surface area contributed by atoms with E-state index < -0.39 is 0 Å². The van der Waals surface area contributed by atoms with Gasteiger partial charge in [0.05, 0.1) is 12.5 Å². The lowest BCUT2D eigenvalue weighted by Gasteiger charge is -2.11. The number of rotatable bonds is 12. The molecule has 0 aliphatic heterocycles. The summed E-state index contributed by atoms with van der Waals surface area (Å²) in [6.07, 6.45) is 18.2. The minimum atomic E-state index is 0.713. The zero-order valence-electron chi connectivity index (χ0n) is 14.0. The third kappa shape index (κ3) is 6.11. The molecule has 1 aromatic rings. The summed E-state index contributed by atoms with van der Waals surface area (Å²) in [4.78, 5) is 3.45. The van der Waals surface area contributed by atoms with Crippen LogP contribution in [0.25, 0.3) is 0 Å². The van der Waals surface area contributed by atoms with Gasteiger partial charge in [0.1, 0.15) is 12.4 Å². The van der Waals surface area contributed by atoms with Crippen LogP contribution in [-0.4, -0.2) is 4.98 Å². The Bertz CT molecular complexity index is 330. The van der Waals surface area contributed by atoms with Gasteiger partial charge in [-0.3, -0.25) is 0 Å². The molecule has 1 atom stereocenters. The molecule has 0 aliphatic carbocycles. The molecule has 116 valence electrons. The Morgan fingerprint density at radius 2 is 1.60 bits per heavy atom. The second-order valence-electron chi connectivity index (χ2n) is 6.00. The van der Waals surface area contributed by atoms with Crippen molar-refractivity contribution in [2.45, 2.75) is 97.4 Å². The quantitative estimate of drug-likeness (QED) is 0.393. The highest BCUT2D eigenvalue weighted by atomic mass is 15.1. The van der Waals surface area contributed by atoms with Crippen molar-refractivity contribution in [1.29, 1.82) is 0 Å². The van der Waals surface area contributed by atoms with Gasteiger partial charge >= 0.3 is 0 Å². The molecule has 20 heavy (non-hydrogen) atoms. The molecule has 0 aromatic carbocycles. The molecule has 1 N–H and O–H groups in total. The van der Waals surface area contributed by atoms with Gasteiger partial charge < -0.3 is 0 Å². The fraction of sp³-hybridized carbons (Fsp3) is 0.833. The third-order valence-electron chi connectivity index (χ3n) is 4.42. The molecular formula is C18H35N2+. The van der Waals surface area contributed by atoms with E-state index in [2.05, 4.69) is 42.7 Å². The van der Waals surface area contributed by atoms with Gasteiger partial charge in [-0.05, 0) is 19.8 Å². The predicted octanol–water partition coefficient (Wildman–Crippen LogP) is 5.35. The number of H-pyrrole nitrogens is 1. The summed E-state index contributed by atoms with van der Waals surface area (Å²) in [5.41, 5.74) is 0. The van der Waals surface area contributed by atoms with Crippen molar-refractivity contribution in [3.63, 3.8) is 0 Å². The lowest BCUT2D eigenvalue weighted by molar-refractivity contribution is -0.701. The number of aryl methyl sites for hydroxylation is 1. The monoisotopic (exact) mass is 279 g/mol. The van der Waals surface area contributed by atoms with Crippen molar-refractivity contribution >= 4 is 0 Å². The molecule has 0 saturated carbocycles. The van der Waals surface area contributed by atoms with Gasteiger partial charge in [-0.25, -0.2) is 9.55 Å². The van der Waals surface area contributed by atoms with Gasteiger partial charge in [0.15, 0.2) is 0 Å². The lowest BCUT2D eigenvalue weighted by Crippen LogP contribution is -2.36. The second-order valence-corrected chi connectivity index (χ2v) is 6.00. The van der Waals surface area contributed by atoms with Crippen LogP contribution >= 0.6 is 0 Å². The van der Waals surface area contributed by atoms with E-state index in [0.29, 0.717) is 5.92 Å². The van der Waals surface area contributed by atoms with Crippen LogP contribution in [0.4, 0.5) is 0 Å². The van der Waals surface area contributed by atoms with E-state index in [4.69, 9.17) is 0 Å². The Morgan fingerprint density at radius 1 is 0.950 bits per heavy atom. The number of nitrogens with one attached hydrogen (secondary N) is 1. The van der Waals surface area contributed by atoms with E-state index in [9.17, 15) is 0 Å². The molecule has 1 heterocycles. The van der Waals surface area contributed by atoms with Crippen LogP contribution < -0.4 is 4.57 Å². The molecule has 0 bridgehead atoms. The van der Waals surface area contributed by atoms with Gasteiger partial charge in [-0.15, -0.1) is 0 Å². The first-order valence-corrected chi connectivity index (χ1v) is 8.90. The molecule has 1 aromatic heterocycles. The Hall–Kier alpha value is -0.790. The van der Waals surface area contributed by atoms with Gasteiger partial charge in [0.2, 0.25) is 0 Å². The molecule has 0 fully saturated rings. The minimum Gasteiger partial charge on any atom is -0.247 e. The maximum atomic E-state index is 3.45. The highest BCUT2D eigenvalue weighted by molar-refractivity contribution is 4.89. The number of unbranched alkanes of at least 4 members (excludes halogenated alkanes) is 7. The first kappa shape index (κ1) is 17.3. The molecule has 0 unspecified atom stereocenters. The van der Waals surface area contributed by atoms with Gasteiger partial charge in [0, 0.05) is 0 Å². The van der Waals surface area contributed by atoms with Gasteiger partial charge in [0.25, 0.3) is 5.82 Å². The van der Waals surface area contributed by atoms with Gasteiger partial charge in [-0.2, -0.15) is 0 Å². The fourth-order valence-corrected chi connectivity index (χ4v) is 3.06. The van der Waals surface area contributed by atoms with Crippen LogP contribution in [0.2, 0.25) is 0 Å². The van der Waals surface area contributed by atoms with Crippen molar-refractivity contribution < 1.29 is 4.57 Å². The summed E-state index contributed by atoms with van der Waals surface area (Å²) >= 11 is 0. The summed E-state index contributed by atoms with van der Waals surface area (Å²) < 4.78 is 2.36. The first-order valence-electron chi connectivity index (χ1n) is 8.90. The van der Waals surface area contributed by atoms with Crippen molar-refractivity contribution in [1.82, 2.24) is 4.98 Å². The SMILES string of the molecule is CCCCCCCCCC[C@H](CC)c1[nH]cc[n+]1CC. The molecular weight excluding hydrogens is 244 g/mol. The third-order valence-corrected chi connectivity index (χ3v) is 4.42. The van der Waals surface area contributed by atoms with Crippen molar-refractivity contribution in [2.24, 2.45) is 0 Å². The molecule has 0 radical (unpaired) electrons. The minimum absolute atomic E-state index is 0.713. The molecule has 0 amide bonds. The molecule has 2 nitrogen and oxygen atoms in total. The molecule has 0 spiro atoms. The van der Waals surface area contributed by atoms with E-state index in [0.717, 1.165) is 6.54 Å². The van der Waals surface area contributed by atoms with E-state index >= 15 is 0 Å². The molecule has 1 rings (SSSR count). The summed E-state index contributed by atoms with van der Waals surface area (Å²) in [7, 11) is 0. The van der Waals surface area contributed by atoms with E-state index in [1.165, 1.54) is 70.0 Å². The number of hydrogen-bond acceptors (Lipinski definition) is 0. The molecule has 0 aliphatic rings. The molecule has 0 saturated heterocycles. The number of nitrogens with zero attached hydrogens (tertiary/aromatic N) is 1. The number of hydrogen-bond donors (Lipinski definition) is 1. The van der Waals surface area contributed by atoms with Crippen LogP contribution in [0.15, 0.2) is 12.4 Å². The largest absolute Gasteiger partial charge is 0.257 e. The predicted molar refractivity (Wildman–Crippen MR) is 86.9 cm³/mol. The van der Waals surface area contributed by atoms with Crippen LogP contribution in [0, 0.1) is 0 Å². The van der Waals surface area contributed by atoms with Crippen LogP contribution in [0.1, 0.15) is 96.7 Å². The lowest BCUT2D eigenvalue weighted by atomic mass is 9.97.